The lowest BCUT2D eigenvalue weighted by Crippen LogP contribution is -2.35. The Morgan fingerprint density at radius 2 is 1.80 bits per heavy atom. The van der Waals surface area contributed by atoms with E-state index in [0.717, 1.165) is 12.8 Å². The van der Waals surface area contributed by atoms with Crippen LogP contribution in [0, 0.1) is 17.8 Å². The number of nitrogens with one attached hydrogen (secondary N) is 1. The average molecular weight is 301 g/mol. The summed E-state index contributed by atoms with van der Waals surface area (Å²) in [6, 6.07) is 0. The van der Waals surface area contributed by atoms with Crippen LogP contribution in [0.3, 0.4) is 0 Å². The Kier molecular flexibility index (Phi) is 8.04. The van der Waals surface area contributed by atoms with E-state index in [2.05, 4.69) is 11.6 Å². The maximum atomic E-state index is 12.1. The van der Waals surface area contributed by atoms with Gasteiger partial charge >= 0.3 is 5.97 Å². The van der Waals surface area contributed by atoms with Crippen molar-refractivity contribution in [3.63, 3.8) is 0 Å². The molecule has 0 aromatic rings. The molecule has 3 unspecified atom stereocenters. The Balaban J connectivity index is 2.20. The zero-order valence-corrected chi connectivity index (χ0v) is 13.4. The Bertz CT molecular complexity index is 322. The molecule has 0 heterocycles. The molecule has 0 bridgehead atoms. The van der Waals surface area contributed by atoms with Crippen molar-refractivity contribution in [1.82, 2.24) is 5.32 Å². The van der Waals surface area contributed by atoms with Gasteiger partial charge in [-0.25, -0.2) is 0 Å². The lowest BCUT2D eigenvalue weighted by atomic mass is 9.95. The van der Waals surface area contributed by atoms with Crippen LogP contribution < -0.4 is 5.32 Å². The van der Waals surface area contributed by atoms with Crippen molar-refractivity contribution in [1.29, 1.82) is 0 Å². The largest absolute Gasteiger partial charge is 0.481 e. The van der Waals surface area contributed by atoms with Crippen molar-refractivity contribution >= 4 is 23.6 Å². The van der Waals surface area contributed by atoms with Gasteiger partial charge in [0.05, 0.1) is 11.8 Å². The summed E-state index contributed by atoms with van der Waals surface area (Å²) in [6.07, 6.45) is 8.00. The summed E-state index contributed by atoms with van der Waals surface area (Å²) < 4.78 is 0. The van der Waals surface area contributed by atoms with Crippen LogP contribution in [0.5, 0.6) is 0 Å². The molecule has 5 heteroatoms. The fourth-order valence-corrected chi connectivity index (χ4v) is 3.41. The van der Waals surface area contributed by atoms with E-state index in [-0.39, 0.29) is 11.8 Å². The van der Waals surface area contributed by atoms with Crippen molar-refractivity contribution in [3.05, 3.63) is 0 Å². The Hall–Kier alpha value is -0.710. The first-order valence-electron chi connectivity index (χ1n) is 7.55. The third-order valence-corrected chi connectivity index (χ3v) is 4.72. The lowest BCUT2D eigenvalue weighted by molar-refractivity contribution is -0.146. The zero-order chi connectivity index (χ0) is 15.0. The topological polar surface area (TPSA) is 66.4 Å². The van der Waals surface area contributed by atoms with E-state index in [1.54, 1.807) is 0 Å². The number of carbonyl (C=O) groups is 2. The zero-order valence-electron chi connectivity index (χ0n) is 12.6. The van der Waals surface area contributed by atoms with E-state index in [0.29, 0.717) is 25.3 Å². The highest BCUT2D eigenvalue weighted by Gasteiger charge is 2.40. The van der Waals surface area contributed by atoms with Crippen molar-refractivity contribution < 1.29 is 14.7 Å². The van der Waals surface area contributed by atoms with Crippen molar-refractivity contribution in [3.8, 4) is 0 Å². The molecule has 0 aromatic heterocycles. The molecule has 1 amide bonds. The number of carbonyl (C=O) groups excluding carboxylic acids is 1. The normalized spacial score (nSPS) is 25.6. The first-order valence-corrected chi connectivity index (χ1v) is 8.95. The summed E-state index contributed by atoms with van der Waals surface area (Å²) >= 11 is 1.86. The molecule has 0 spiro atoms. The van der Waals surface area contributed by atoms with Gasteiger partial charge < -0.3 is 10.4 Å². The van der Waals surface area contributed by atoms with Gasteiger partial charge in [-0.3, -0.25) is 9.59 Å². The summed E-state index contributed by atoms with van der Waals surface area (Å²) in [7, 11) is 0. The predicted molar refractivity (Wildman–Crippen MR) is 82.9 cm³/mol. The molecule has 3 atom stereocenters. The third-order valence-electron chi connectivity index (χ3n) is 4.03. The summed E-state index contributed by atoms with van der Waals surface area (Å²) in [4.78, 5) is 23.2. The van der Waals surface area contributed by atoms with Crippen molar-refractivity contribution in [2.45, 2.75) is 45.4 Å². The van der Waals surface area contributed by atoms with E-state index in [4.69, 9.17) is 5.11 Å². The molecule has 0 radical (unpaired) electrons. The molecule has 2 N–H and O–H groups in total. The minimum absolute atomic E-state index is 0.0640. The van der Waals surface area contributed by atoms with Crippen LogP contribution >= 0.6 is 11.8 Å². The van der Waals surface area contributed by atoms with Gasteiger partial charge in [0.15, 0.2) is 0 Å². The Labute approximate surface area is 126 Å². The predicted octanol–water partition coefficient (Wildman–Crippen LogP) is 2.77. The molecule has 20 heavy (non-hydrogen) atoms. The monoisotopic (exact) mass is 301 g/mol. The van der Waals surface area contributed by atoms with Gasteiger partial charge in [-0.2, -0.15) is 11.8 Å². The Morgan fingerprint density at radius 3 is 2.45 bits per heavy atom. The maximum Gasteiger partial charge on any atom is 0.307 e. The number of hydrogen-bond acceptors (Lipinski definition) is 3. The standard InChI is InChI=1S/C15H27NO3S/c1-11-9-12(13(10-11)15(18)19)14(17)16-7-5-3-4-6-8-20-2/h11-13H,3-10H2,1-2H3,(H,16,17)(H,18,19). The quantitative estimate of drug-likeness (QED) is 0.643. The molecule has 1 rings (SSSR count). The van der Waals surface area contributed by atoms with Gasteiger partial charge in [-0.15, -0.1) is 0 Å². The highest BCUT2D eigenvalue weighted by Crippen LogP contribution is 2.36. The summed E-state index contributed by atoms with van der Waals surface area (Å²) in [6.45, 7) is 2.70. The molecular formula is C15H27NO3S. The van der Waals surface area contributed by atoms with E-state index in [9.17, 15) is 9.59 Å². The van der Waals surface area contributed by atoms with Gasteiger partial charge in [-0.1, -0.05) is 19.8 Å². The number of aliphatic carboxylic acids is 1. The summed E-state index contributed by atoms with van der Waals surface area (Å²) in [5, 5.41) is 12.1. The smallest absolute Gasteiger partial charge is 0.307 e. The van der Waals surface area contributed by atoms with E-state index < -0.39 is 11.9 Å². The van der Waals surface area contributed by atoms with Gasteiger partial charge in [0, 0.05) is 6.54 Å². The average Bonchev–Trinajstić information content (AvgIpc) is 2.80. The highest BCUT2D eigenvalue weighted by atomic mass is 32.2. The first-order chi connectivity index (χ1) is 9.56. The van der Waals surface area contributed by atoms with Crippen LogP contribution in [-0.4, -0.2) is 35.5 Å². The molecule has 1 saturated carbocycles. The molecule has 0 aromatic carbocycles. The van der Waals surface area contributed by atoms with Crippen molar-refractivity contribution in [2.75, 3.05) is 18.6 Å². The molecule has 0 saturated heterocycles. The number of amides is 1. The Morgan fingerprint density at radius 1 is 1.15 bits per heavy atom. The number of thioether (sulfide) groups is 1. The number of carboxylic acid groups (broad SMARTS) is 1. The molecule has 116 valence electrons. The molecule has 0 aliphatic heterocycles. The summed E-state index contributed by atoms with van der Waals surface area (Å²) in [5.74, 6) is -0.187. The number of carboxylic acids is 1. The minimum Gasteiger partial charge on any atom is -0.481 e. The van der Waals surface area contributed by atoms with Crippen LogP contribution in [0.2, 0.25) is 0 Å². The van der Waals surface area contributed by atoms with Crippen LogP contribution in [0.15, 0.2) is 0 Å². The van der Waals surface area contributed by atoms with Gasteiger partial charge in [0.25, 0.3) is 0 Å². The summed E-state index contributed by atoms with van der Waals surface area (Å²) in [5.41, 5.74) is 0. The molecule has 1 fully saturated rings. The number of unbranched alkanes of at least 4 members (excludes halogenated alkanes) is 3. The molecular weight excluding hydrogens is 274 g/mol. The van der Waals surface area contributed by atoms with E-state index >= 15 is 0 Å². The first kappa shape index (κ1) is 17.3. The van der Waals surface area contributed by atoms with Crippen molar-refractivity contribution in [2.24, 2.45) is 17.8 Å². The number of rotatable bonds is 9. The highest BCUT2D eigenvalue weighted by molar-refractivity contribution is 7.98. The second kappa shape index (κ2) is 9.27. The maximum absolute atomic E-state index is 12.1. The van der Waals surface area contributed by atoms with Gasteiger partial charge in [0.2, 0.25) is 5.91 Å². The van der Waals surface area contributed by atoms with Gasteiger partial charge in [-0.05, 0) is 43.6 Å². The molecule has 1 aliphatic rings. The molecule has 4 nitrogen and oxygen atoms in total. The third kappa shape index (κ3) is 5.73. The second-order valence-electron chi connectivity index (χ2n) is 5.83. The van der Waals surface area contributed by atoms with Crippen LogP contribution in [0.1, 0.15) is 45.4 Å². The second-order valence-corrected chi connectivity index (χ2v) is 6.81. The van der Waals surface area contributed by atoms with E-state index in [1.165, 1.54) is 18.6 Å². The fourth-order valence-electron chi connectivity index (χ4n) is 2.92. The van der Waals surface area contributed by atoms with Gasteiger partial charge in [0.1, 0.15) is 0 Å². The van der Waals surface area contributed by atoms with Crippen LogP contribution in [0.25, 0.3) is 0 Å². The van der Waals surface area contributed by atoms with Crippen LogP contribution in [-0.2, 0) is 9.59 Å². The fraction of sp³-hybridized carbons (Fsp3) is 0.867. The van der Waals surface area contributed by atoms with Crippen LogP contribution in [0.4, 0.5) is 0 Å². The van der Waals surface area contributed by atoms with E-state index in [1.807, 2.05) is 18.7 Å². The SMILES string of the molecule is CSCCCCCCNC(=O)C1CC(C)CC1C(=O)O. The molecule has 1 aliphatic carbocycles. The lowest BCUT2D eigenvalue weighted by Gasteiger charge is -2.15. The number of hydrogen-bond donors (Lipinski definition) is 2. The minimum atomic E-state index is -0.827.